The van der Waals surface area contributed by atoms with Gasteiger partial charge in [0, 0.05) is 40.0 Å². The van der Waals surface area contributed by atoms with Crippen LogP contribution in [0.15, 0.2) is 69.8 Å². The molecule has 0 fully saturated rings. The molecule has 0 spiro atoms. The molecule has 2 aromatic carbocycles. The summed E-state index contributed by atoms with van der Waals surface area (Å²) in [4.78, 5) is 4.50. The number of nitrogens with one attached hydrogen (secondary N) is 1. The summed E-state index contributed by atoms with van der Waals surface area (Å²) in [6.45, 7) is 5.62. The first-order valence-corrected chi connectivity index (χ1v) is 12.1. The van der Waals surface area contributed by atoms with Crippen LogP contribution in [0.25, 0.3) is 22.2 Å². The molecule has 4 aromatic rings. The monoisotopic (exact) mass is 515 g/mol. The summed E-state index contributed by atoms with van der Waals surface area (Å²) in [6.07, 6.45) is 0.338. The zero-order valence-electron chi connectivity index (χ0n) is 17.9. The van der Waals surface area contributed by atoms with Gasteiger partial charge in [-0.25, -0.2) is 9.37 Å². The standard InChI is InChI=1S/C24H23BrFN3O2S/c1-24(2,3)32(30)29-19(14-15-8-6-13-21(25)27-15)22-17(10-7-11-18(22)26)23-16-9-4-5-12-20(16)31-28-23/h4-13,19,29H,14H2,1-3H3/t19-,32-/m0/s1. The van der Waals surface area contributed by atoms with E-state index < -0.39 is 28.0 Å². The smallest absolute Gasteiger partial charge is 0.167 e. The predicted octanol–water partition coefficient (Wildman–Crippen LogP) is 6.13. The van der Waals surface area contributed by atoms with Crippen LogP contribution in [-0.4, -0.2) is 19.4 Å². The largest absolute Gasteiger partial charge is 0.598 e. The summed E-state index contributed by atoms with van der Waals surface area (Å²) >= 11 is 1.95. The molecule has 32 heavy (non-hydrogen) atoms. The third kappa shape index (κ3) is 4.88. The second-order valence-electron chi connectivity index (χ2n) is 8.44. The molecule has 2 aromatic heterocycles. The topological polar surface area (TPSA) is 74.0 Å². The molecule has 166 valence electrons. The molecule has 4 rings (SSSR count). The number of aromatic nitrogens is 2. The van der Waals surface area contributed by atoms with Gasteiger partial charge < -0.3 is 9.08 Å². The maximum Gasteiger partial charge on any atom is 0.167 e. The van der Waals surface area contributed by atoms with E-state index in [1.54, 1.807) is 6.07 Å². The van der Waals surface area contributed by atoms with E-state index >= 15 is 4.39 Å². The maximum absolute atomic E-state index is 15.4. The van der Waals surface area contributed by atoms with Crippen LogP contribution < -0.4 is 4.72 Å². The molecule has 1 N–H and O–H groups in total. The van der Waals surface area contributed by atoms with E-state index in [1.807, 2.05) is 69.3 Å². The minimum absolute atomic E-state index is 0.338. The number of halogens is 2. The summed E-state index contributed by atoms with van der Waals surface area (Å²) in [6, 6.07) is 17.3. The quantitative estimate of drug-likeness (QED) is 0.247. The van der Waals surface area contributed by atoms with Gasteiger partial charge in [-0.3, -0.25) is 0 Å². The molecule has 0 aliphatic heterocycles. The van der Waals surface area contributed by atoms with Crippen molar-refractivity contribution in [2.45, 2.75) is 38.0 Å². The SMILES string of the molecule is CC(C)(C)[S@+]([O-])N[C@@H](Cc1cccc(Br)n1)c1c(F)cccc1-c1noc2ccccc12. The van der Waals surface area contributed by atoms with Gasteiger partial charge in [-0.1, -0.05) is 35.5 Å². The molecule has 0 unspecified atom stereocenters. The molecule has 0 saturated heterocycles. The second kappa shape index (κ2) is 9.31. The summed E-state index contributed by atoms with van der Waals surface area (Å²) in [5.74, 6) is -0.409. The normalized spacial score (nSPS) is 13.9. The number of nitrogens with zero attached hydrogens (tertiary/aromatic N) is 2. The van der Waals surface area contributed by atoms with E-state index in [1.165, 1.54) is 6.07 Å². The molecule has 0 saturated carbocycles. The zero-order chi connectivity index (χ0) is 22.9. The second-order valence-corrected chi connectivity index (χ2v) is 11.2. The van der Waals surface area contributed by atoms with Crippen molar-refractivity contribution in [3.05, 3.63) is 82.3 Å². The summed E-state index contributed by atoms with van der Waals surface area (Å²) in [7, 11) is 0. The summed E-state index contributed by atoms with van der Waals surface area (Å²) in [5.41, 5.74) is 2.88. The van der Waals surface area contributed by atoms with Crippen molar-refractivity contribution in [2.24, 2.45) is 0 Å². The Morgan fingerprint density at radius 1 is 1.09 bits per heavy atom. The van der Waals surface area contributed by atoms with E-state index in [2.05, 4.69) is 30.8 Å². The molecule has 2 atom stereocenters. The fourth-order valence-electron chi connectivity index (χ4n) is 3.46. The lowest BCUT2D eigenvalue weighted by atomic mass is 9.93. The van der Waals surface area contributed by atoms with Crippen LogP contribution in [0, 0.1) is 5.82 Å². The summed E-state index contributed by atoms with van der Waals surface area (Å²) in [5, 5.41) is 5.02. The van der Waals surface area contributed by atoms with E-state index in [-0.39, 0.29) is 0 Å². The van der Waals surface area contributed by atoms with Crippen molar-refractivity contribution in [1.29, 1.82) is 0 Å². The molecule has 0 amide bonds. The van der Waals surface area contributed by atoms with Crippen LogP contribution in [0.5, 0.6) is 0 Å². The van der Waals surface area contributed by atoms with Crippen LogP contribution in [-0.2, 0) is 17.8 Å². The molecule has 5 nitrogen and oxygen atoms in total. The van der Waals surface area contributed by atoms with Crippen LogP contribution in [0.1, 0.15) is 38.1 Å². The molecule has 2 heterocycles. The van der Waals surface area contributed by atoms with Crippen LogP contribution in [0.4, 0.5) is 4.39 Å². The average Bonchev–Trinajstić information content (AvgIpc) is 3.16. The van der Waals surface area contributed by atoms with Gasteiger partial charge >= 0.3 is 0 Å². The molecule has 0 bridgehead atoms. The number of hydrogen-bond donors (Lipinski definition) is 1. The third-order valence-electron chi connectivity index (χ3n) is 5.03. The average molecular weight is 516 g/mol. The van der Waals surface area contributed by atoms with Crippen LogP contribution in [0.3, 0.4) is 0 Å². The Morgan fingerprint density at radius 3 is 2.59 bits per heavy atom. The zero-order valence-corrected chi connectivity index (χ0v) is 20.3. The van der Waals surface area contributed by atoms with Crippen LogP contribution in [0.2, 0.25) is 0 Å². The van der Waals surface area contributed by atoms with Crippen molar-refractivity contribution >= 4 is 38.3 Å². The predicted molar refractivity (Wildman–Crippen MR) is 129 cm³/mol. The Labute approximate surface area is 197 Å². The Morgan fingerprint density at radius 2 is 1.84 bits per heavy atom. The van der Waals surface area contributed by atoms with Crippen molar-refractivity contribution in [2.75, 3.05) is 0 Å². The molecular formula is C24H23BrFN3O2S. The lowest BCUT2D eigenvalue weighted by molar-refractivity contribution is 0.459. The van der Waals surface area contributed by atoms with Gasteiger partial charge in [0.25, 0.3) is 0 Å². The van der Waals surface area contributed by atoms with Gasteiger partial charge in [0.05, 0.1) is 6.04 Å². The lowest BCUT2D eigenvalue weighted by Crippen LogP contribution is -2.42. The van der Waals surface area contributed by atoms with Crippen molar-refractivity contribution in [3.8, 4) is 11.3 Å². The van der Waals surface area contributed by atoms with Crippen molar-refractivity contribution in [3.63, 3.8) is 0 Å². The Bertz CT molecular complexity index is 1240. The van der Waals surface area contributed by atoms with Gasteiger partial charge in [-0.15, -0.1) is 4.72 Å². The Hall–Kier alpha value is -2.26. The minimum Gasteiger partial charge on any atom is -0.598 e. The first-order chi connectivity index (χ1) is 15.2. The van der Waals surface area contributed by atoms with Gasteiger partial charge in [-0.05, 0) is 67.0 Å². The van der Waals surface area contributed by atoms with E-state index in [4.69, 9.17) is 4.52 Å². The summed E-state index contributed by atoms with van der Waals surface area (Å²) < 4.78 is 37.2. The van der Waals surface area contributed by atoms with E-state index in [0.29, 0.717) is 33.4 Å². The highest BCUT2D eigenvalue weighted by Crippen LogP contribution is 2.36. The molecular weight excluding hydrogens is 493 g/mol. The highest BCUT2D eigenvalue weighted by molar-refractivity contribution is 9.10. The molecule has 8 heteroatoms. The number of hydrogen-bond acceptors (Lipinski definition) is 5. The number of benzene rings is 2. The van der Waals surface area contributed by atoms with Gasteiger partial charge in [0.1, 0.15) is 20.9 Å². The van der Waals surface area contributed by atoms with Gasteiger partial charge in [0.2, 0.25) is 0 Å². The van der Waals surface area contributed by atoms with Gasteiger partial charge in [0.15, 0.2) is 5.58 Å². The molecule has 0 radical (unpaired) electrons. The molecule has 0 aliphatic rings. The Kier molecular flexibility index (Phi) is 6.67. The Balaban J connectivity index is 1.85. The van der Waals surface area contributed by atoms with Crippen molar-refractivity contribution in [1.82, 2.24) is 14.9 Å². The highest BCUT2D eigenvalue weighted by atomic mass is 79.9. The first kappa shape index (κ1) is 22.9. The number of fused-ring (bicyclic) bond motifs is 1. The number of pyridine rings is 1. The maximum atomic E-state index is 15.4. The first-order valence-electron chi connectivity index (χ1n) is 10.2. The third-order valence-corrected chi connectivity index (χ3v) is 7.08. The van der Waals surface area contributed by atoms with E-state index in [9.17, 15) is 4.55 Å². The van der Waals surface area contributed by atoms with Crippen LogP contribution >= 0.6 is 15.9 Å². The lowest BCUT2D eigenvalue weighted by Gasteiger charge is -2.29. The van der Waals surface area contributed by atoms with Gasteiger partial charge in [-0.2, -0.15) is 0 Å². The van der Waals surface area contributed by atoms with E-state index in [0.717, 1.165) is 11.1 Å². The number of rotatable bonds is 6. The fourth-order valence-corrected chi connectivity index (χ4v) is 4.65. The highest BCUT2D eigenvalue weighted by Gasteiger charge is 2.33. The van der Waals surface area contributed by atoms with Crippen molar-refractivity contribution < 1.29 is 13.5 Å². The molecule has 0 aliphatic carbocycles. The minimum atomic E-state index is -1.44. The fraction of sp³-hybridized carbons (Fsp3) is 0.250. The number of para-hydroxylation sites is 1.